The van der Waals surface area contributed by atoms with Gasteiger partial charge in [0.15, 0.2) is 11.6 Å². The number of nitrogens with one attached hydrogen (secondary N) is 1. The summed E-state index contributed by atoms with van der Waals surface area (Å²) in [7, 11) is 0. The van der Waals surface area contributed by atoms with E-state index in [-0.39, 0.29) is 30.3 Å². The number of hydrogen-bond donors (Lipinski definition) is 2. The SMILES string of the molecule is CC1=C(C)C(=O)C(CCC(C)(O)CCC(=O)Nc2ccc(C)cc2)=C(C)C1=O. The molecule has 1 unspecified atom stereocenters. The number of amides is 1. The van der Waals surface area contributed by atoms with E-state index in [1.807, 2.05) is 31.2 Å². The predicted octanol–water partition coefficient (Wildman–Crippen LogP) is 4.05. The Morgan fingerprint density at radius 1 is 0.929 bits per heavy atom. The highest BCUT2D eigenvalue weighted by molar-refractivity contribution is 6.24. The van der Waals surface area contributed by atoms with Gasteiger partial charge in [-0.05, 0) is 66.0 Å². The van der Waals surface area contributed by atoms with Crippen molar-refractivity contribution in [2.24, 2.45) is 0 Å². The molecule has 1 atom stereocenters. The van der Waals surface area contributed by atoms with Crippen molar-refractivity contribution in [3.05, 3.63) is 52.1 Å². The lowest BCUT2D eigenvalue weighted by Gasteiger charge is -2.25. The molecular formula is C23H29NO4. The van der Waals surface area contributed by atoms with Crippen molar-refractivity contribution in [1.29, 1.82) is 0 Å². The fraction of sp³-hybridized carbons (Fsp3) is 0.435. The van der Waals surface area contributed by atoms with Gasteiger partial charge in [0, 0.05) is 34.4 Å². The highest BCUT2D eigenvalue weighted by Crippen LogP contribution is 2.30. The monoisotopic (exact) mass is 383 g/mol. The van der Waals surface area contributed by atoms with Gasteiger partial charge in [-0.2, -0.15) is 0 Å². The molecule has 0 radical (unpaired) electrons. The largest absolute Gasteiger partial charge is 0.390 e. The van der Waals surface area contributed by atoms with Crippen LogP contribution in [0, 0.1) is 6.92 Å². The predicted molar refractivity (Wildman–Crippen MR) is 110 cm³/mol. The minimum atomic E-state index is -1.11. The Morgan fingerprint density at radius 3 is 2.11 bits per heavy atom. The van der Waals surface area contributed by atoms with Crippen molar-refractivity contribution in [1.82, 2.24) is 0 Å². The van der Waals surface area contributed by atoms with Gasteiger partial charge in [-0.3, -0.25) is 14.4 Å². The van der Waals surface area contributed by atoms with E-state index in [0.29, 0.717) is 35.1 Å². The van der Waals surface area contributed by atoms with Gasteiger partial charge in [-0.1, -0.05) is 17.7 Å². The van der Waals surface area contributed by atoms with Crippen molar-refractivity contribution in [2.45, 2.75) is 65.9 Å². The molecule has 0 saturated carbocycles. The van der Waals surface area contributed by atoms with E-state index < -0.39 is 5.60 Å². The average Bonchev–Trinajstić information content (AvgIpc) is 2.65. The summed E-state index contributed by atoms with van der Waals surface area (Å²) in [5.74, 6) is -0.399. The molecule has 0 bridgehead atoms. The Labute approximate surface area is 166 Å². The lowest BCUT2D eigenvalue weighted by molar-refractivity contribution is -0.117. The van der Waals surface area contributed by atoms with Crippen LogP contribution in [0.1, 0.15) is 58.9 Å². The summed E-state index contributed by atoms with van der Waals surface area (Å²) in [6.07, 6.45) is 1.06. The molecule has 150 valence electrons. The van der Waals surface area contributed by atoms with Crippen LogP contribution in [0.25, 0.3) is 0 Å². The van der Waals surface area contributed by atoms with Gasteiger partial charge in [-0.15, -0.1) is 0 Å². The van der Waals surface area contributed by atoms with Gasteiger partial charge in [0.25, 0.3) is 0 Å². The number of aliphatic hydroxyl groups is 1. The number of anilines is 1. The standard InChI is InChI=1S/C23H29NO4/c1-14-6-8-18(9-7-14)24-20(25)11-13-23(5,28)12-10-19-17(4)21(26)15(2)16(3)22(19)27/h6-9,28H,10-13H2,1-5H3,(H,24,25). The molecule has 5 nitrogen and oxygen atoms in total. The third-order valence-electron chi connectivity index (χ3n) is 5.45. The third kappa shape index (κ3) is 5.26. The zero-order valence-corrected chi connectivity index (χ0v) is 17.3. The molecule has 0 aliphatic heterocycles. The van der Waals surface area contributed by atoms with E-state index in [4.69, 9.17) is 0 Å². The summed E-state index contributed by atoms with van der Waals surface area (Å²) in [4.78, 5) is 36.9. The zero-order chi connectivity index (χ0) is 21.1. The first-order chi connectivity index (χ1) is 13.0. The first kappa shape index (κ1) is 21.8. The maximum atomic E-state index is 12.5. The maximum Gasteiger partial charge on any atom is 0.224 e. The second-order valence-electron chi connectivity index (χ2n) is 7.92. The number of rotatable bonds is 7. The number of allylic oxidation sites excluding steroid dienone is 4. The van der Waals surface area contributed by atoms with Gasteiger partial charge in [-0.25, -0.2) is 0 Å². The van der Waals surface area contributed by atoms with E-state index in [1.165, 1.54) is 0 Å². The van der Waals surface area contributed by atoms with Crippen LogP contribution in [0.15, 0.2) is 46.6 Å². The molecule has 1 aromatic rings. The number of benzene rings is 1. The van der Waals surface area contributed by atoms with Gasteiger partial charge in [0.1, 0.15) is 0 Å². The summed E-state index contributed by atoms with van der Waals surface area (Å²) in [5, 5.41) is 13.5. The van der Waals surface area contributed by atoms with Crippen LogP contribution in [0.3, 0.4) is 0 Å². The fourth-order valence-electron chi connectivity index (χ4n) is 3.22. The van der Waals surface area contributed by atoms with Crippen molar-refractivity contribution in [3.63, 3.8) is 0 Å². The number of hydrogen-bond acceptors (Lipinski definition) is 4. The van der Waals surface area contributed by atoms with Crippen LogP contribution < -0.4 is 5.32 Å². The lowest BCUT2D eigenvalue weighted by Crippen LogP contribution is -2.28. The first-order valence-electron chi connectivity index (χ1n) is 9.57. The van der Waals surface area contributed by atoms with E-state index in [0.717, 1.165) is 11.3 Å². The molecule has 5 heteroatoms. The molecule has 0 aromatic heterocycles. The van der Waals surface area contributed by atoms with Crippen molar-refractivity contribution in [3.8, 4) is 0 Å². The topological polar surface area (TPSA) is 83.5 Å². The van der Waals surface area contributed by atoms with Crippen molar-refractivity contribution < 1.29 is 19.5 Å². The Hall–Kier alpha value is -2.53. The smallest absolute Gasteiger partial charge is 0.224 e. The first-order valence-corrected chi connectivity index (χ1v) is 9.57. The third-order valence-corrected chi connectivity index (χ3v) is 5.45. The second kappa shape index (κ2) is 8.65. The molecule has 0 heterocycles. The van der Waals surface area contributed by atoms with Crippen LogP contribution in [0.2, 0.25) is 0 Å². The summed E-state index contributed by atoms with van der Waals surface area (Å²) >= 11 is 0. The average molecular weight is 383 g/mol. The van der Waals surface area contributed by atoms with Crippen LogP contribution in [0.4, 0.5) is 5.69 Å². The Balaban J connectivity index is 1.91. The summed E-state index contributed by atoms with van der Waals surface area (Å²) in [6.45, 7) is 8.62. The highest BCUT2D eigenvalue weighted by atomic mass is 16.3. The molecule has 1 amide bonds. The number of carbonyl (C=O) groups excluding carboxylic acids is 3. The van der Waals surface area contributed by atoms with E-state index in [2.05, 4.69) is 5.32 Å². The second-order valence-corrected chi connectivity index (χ2v) is 7.92. The quantitative estimate of drug-likeness (QED) is 0.696. The van der Waals surface area contributed by atoms with Crippen molar-refractivity contribution >= 4 is 23.2 Å². The Kier molecular flexibility index (Phi) is 6.73. The van der Waals surface area contributed by atoms with Crippen LogP contribution in [0.5, 0.6) is 0 Å². The van der Waals surface area contributed by atoms with Crippen molar-refractivity contribution in [2.75, 3.05) is 5.32 Å². The van der Waals surface area contributed by atoms with E-state index >= 15 is 0 Å². The normalized spacial score (nSPS) is 17.1. The molecule has 1 aromatic carbocycles. The molecule has 2 N–H and O–H groups in total. The van der Waals surface area contributed by atoms with Crippen LogP contribution in [-0.4, -0.2) is 28.2 Å². The van der Waals surface area contributed by atoms with Crippen LogP contribution >= 0.6 is 0 Å². The fourth-order valence-corrected chi connectivity index (χ4v) is 3.22. The van der Waals surface area contributed by atoms with Gasteiger partial charge < -0.3 is 10.4 Å². The number of aryl methyl sites for hydroxylation is 1. The number of carbonyl (C=O) groups is 3. The molecule has 1 aliphatic carbocycles. The molecule has 0 saturated heterocycles. The molecule has 2 rings (SSSR count). The lowest BCUT2D eigenvalue weighted by atomic mass is 9.82. The minimum absolute atomic E-state index is 0.107. The number of Topliss-reactive ketones (excluding diaryl/α,β-unsaturated/α-hetero) is 2. The van der Waals surface area contributed by atoms with Crippen LogP contribution in [-0.2, 0) is 14.4 Å². The zero-order valence-electron chi connectivity index (χ0n) is 17.3. The minimum Gasteiger partial charge on any atom is -0.390 e. The van der Waals surface area contributed by atoms with E-state index in [9.17, 15) is 19.5 Å². The summed E-state index contributed by atoms with van der Waals surface area (Å²) < 4.78 is 0. The molecule has 0 spiro atoms. The summed E-state index contributed by atoms with van der Waals surface area (Å²) in [5.41, 5.74) is 2.62. The Bertz CT molecular complexity index is 857. The Morgan fingerprint density at radius 2 is 1.50 bits per heavy atom. The van der Waals surface area contributed by atoms with Gasteiger partial charge in [0.05, 0.1) is 5.60 Å². The maximum absolute atomic E-state index is 12.5. The van der Waals surface area contributed by atoms with E-state index in [1.54, 1.807) is 27.7 Å². The van der Waals surface area contributed by atoms with Gasteiger partial charge >= 0.3 is 0 Å². The highest BCUT2D eigenvalue weighted by Gasteiger charge is 2.30. The molecule has 0 fully saturated rings. The number of ketones is 2. The molecule has 1 aliphatic rings. The summed E-state index contributed by atoms with van der Waals surface area (Å²) in [6, 6.07) is 7.51. The van der Waals surface area contributed by atoms with Gasteiger partial charge in [0.2, 0.25) is 5.91 Å². The molecular weight excluding hydrogens is 354 g/mol. The molecule has 28 heavy (non-hydrogen) atoms.